The van der Waals surface area contributed by atoms with E-state index in [-0.39, 0.29) is 11.3 Å². The second kappa shape index (κ2) is 10.2. The number of carbonyl (C=O) groups is 2. The molecular weight excluding hydrogens is 490 g/mol. The van der Waals surface area contributed by atoms with E-state index in [0.717, 1.165) is 4.70 Å². The van der Waals surface area contributed by atoms with E-state index >= 15 is 0 Å². The summed E-state index contributed by atoms with van der Waals surface area (Å²) in [6, 6.07) is 14.8. The van der Waals surface area contributed by atoms with Crippen molar-refractivity contribution in [3.8, 4) is 11.5 Å². The summed E-state index contributed by atoms with van der Waals surface area (Å²) in [5.74, 6) is -0.535. The number of benzene rings is 2. The number of ketones is 1. The summed E-state index contributed by atoms with van der Waals surface area (Å²) in [5.41, 5.74) is 1.65. The average molecular weight is 514 g/mol. The van der Waals surface area contributed by atoms with Gasteiger partial charge in [0.2, 0.25) is 0 Å². The zero-order valence-corrected chi connectivity index (χ0v) is 20.8. The molecule has 0 radical (unpaired) electrons. The first-order valence-electron chi connectivity index (χ1n) is 11.6. The van der Waals surface area contributed by atoms with Gasteiger partial charge in [-0.2, -0.15) is 0 Å². The van der Waals surface area contributed by atoms with Gasteiger partial charge in [0, 0.05) is 18.0 Å². The van der Waals surface area contributed by atoms with Crippen LogP contribution in [0.15, 0.2) is 85.2 Å². The number of aromatic nitrogens is 2. The molecule has 0 spiro atoms. The van der Waals surface area contributed by atoms with Gasteiger partial charge in [0.05, 0.1) is 28.4 Å². The molecule has 1 amide bonds. The maximum atomic E-state index is 13.4. The Balaban J connectivity index is 1.65. The maximum absolute atomic E-state index is 13.4. The van der Waals surface area contributed by atoms with Crippen molar-refractivity contribution in [2.45, 2.75) is 13.0 Å². The number of nitrogens with zero attached hydrogens (tertiary/aromatic N) is 3. The van der Waals surface area contributed by atoms with Gasteiger partial charge < -0.3 is 14.6 Å². The Kier molecular flexibility index (Phi) is 6.70. The number of ether oxygens (including phenoxy) is 2. The van der Waals surface area contributed by atoms with Crippen molar-refractivity contribution in [2.75, 3.05) is 18.1 Å². The van der Waals surface area contributed by atoms with Crippen molar-refractivity contribution in [1.82, 2.24) is 9.97 Å². The van der Waals surface area contributed by atoms with Crippen molar-refractivity contribution in [3.05, 3.63) is 96.3 Å². The first kappa shape index (κ1) is 24.2. The lowest BCUT2D eigenvalue weighted by Gasteiger charge is -2.23. The molecule has 1 N–H and O–H groups in total. The number of pyridine rings is 1. The van der Waals surface area contributed by atoms with E-state index in [2.05, 4.69) is 16.5 Å². The standard InChI is InChI=1S/C28H23N3O5S/c1-3-15-36-19-7-5-17(6-8-19)24-23(25(32)18-11-13-29-14-12-18)26(33)27(34)31(24)28-30-21-10-9-20(35-4-2)16-22(21)37-28/h3,5-14,16,24,32H,1,4,15H2,2H3. The fourth-order valence-electron chi connectivity index (χ4n) is 4.16. The summed E-state index contributed by atoms with van der Waals surface area (Å²) in [5, 5.41) is 11.5. The van der Waals surface area contributed by atoms with Crippen molar-refractivity contribution < 1.29 is 24.2 Å². The van der Waals surface area contributed by atoms with Crippen LogP contribution in [0.3, 0.4) is 0 Å². The third-order valence-corrected chi connectivity index (χ3v) is 6.85. The molecule has 1 aliphatic heterocycles. The lowest BCUT2D eigenvalue weighted by molar-refractivity contribution is -0.132. The minimum Gasteiger partial charge on any atom is -0.507 e. The fraction of sp³-hybridized carbons (Fsp3) is 0.143. The van der Waals surface area contributed by atoms with Gasteiger partial charge in [-0.25, -0.2) is 4.98 Å². The molecule has 186 valence electrons. The minimum atomic E-state index is -0.895. The van der Waals surface area contributed by atoms with Crippen LogP contribution in [0.4, 0.5) is 5.13 Å². The van der Waals surface area contributed by atoms with E-state index in [0.29, 0.717) is 46.5 Å². The smallest absolute Gasteiger partial charge is 0.301 e. The summed E-state index contributed by atoms with van der Waals surface area (Å²) in [7, 11) is 0. The highest BCUT2D eigenvalue weighted by atomic mass is 32.1. The molecule has 1 unspecified atom stereocenters. The number of hydrogen-bond donors (Lipinski definition) is 1. The lowest BCUT2D eigenvalue weighted by Crippen LogP contribution is -2.29. The number of hydrogen-bond acceptors (Lipinski definition) is 8. The van der Waals surface area contributed by atoms with Gasteiger partial charge in [0.15, 0.2) is 5.13 Å². The Bertz CT molecular complexity index is 1510. The van der Waals surface area contributed by atoms with E-state index in [4.69, 9.17) is 9.47 Å². The Morgan fingerprint density at radius 1 is 1.08 bits per heavy atom. The summed E-state index contributed by atoms with van der Waals surface area (Å²) >= 11 is 1.27. The third-order valence-electron chi connectivity index (χ3n) is 5.83. The van der Waals surface area contributed by atoms with Gasteiger partial charge in [-0.1, -0.05) is 36.1 Å². The molecule has 1 fully saturated rings. The summed E-state index contributed by atoms with van der Waals surface area (Å²) in [6.45, 7) is 6.41. The van der Waals surface area contributed by atoms with Crippen LogP contribution < -0.4 is 14.4 Å². The highest BCUT2D eigenvalue weighted by Crippen LogP contribution is 2.44. The van der Waals surface area contributed by atoms with Crippen molar-refractivity contribution >= 4 is 44.1 Å². The van der Waals surface area contributed by atoms with Gasteiger partial charge in [-0.3, -0.25) is 19.5 Å². The number of carbonyl (C=O) groups excluding carboxylic acids is 2. The predicted molar refractivity (Wildman–Crippen MR) is 142 cm³/mol. The second-order valence-corrected chi connectivity index (χ2v) is 9.14. The fourth-order valence-corrected chi connectivity index (χ4v) is 5.18. The average Bonchev–Trinajstić information content (AvgIpc) is 3.45. The Labute approximate surface area is 217 Å². The summed E-state index contributed by atoms with van der Waals surface area (Å²) < 4.78 is 12.0. The molecule has 0 saturated carbocycles. The number of aliphatic hydroxyl groups is 1. The molecular formula is C28H23N3O5S. The first-order valence-corrected chi connectivity index (χ1v) is 12.4. The molecule has 2 aromatic carbocycles. The zero-order chi connectivity index (χ0) is 25.9. The topological polar surface area (TPSA) is 102 Å². The molecule has 1 saturated heterocycles. The largest absolute Gasteiger partial charge is 0.507 e. The van der Waals surface area contributed by atoms with Crippen LogP contribution in [0.25, 0.3) is 16.0 Å². The number of anilines is 1. The number of fused-ring (bicyclic) bond motifs is 1. The number of Topliss-reactive ketones (excluding diaryl/α,β-unsaturated/α-hetero) is 1. The predicted octanol–water partition coefficient (Wildman–Crippen LogP) is 5.28. The Morgan fingerprint density at radius 2 is 1.81 bits per heavy atom. The molecule has 2 aromatic heterocycles. The number of aliphatic hydroxyl groups excluding tert-OH is 1. The number of amides is 1. The van der Waals surface area contributed by atoms with Crippen LogP contribution in [0, 0.1) is 0 Å². The van der Waals surface area contributed by atoms with Crippen molar-refractivity contribution in [3.63, 3.8) is 0 Å². The van der Waals surface area contributed by atoms with E-state index in [1.165, 1.54) is 28.6 Å². The van der Waals surface area contributed by atoms with Gasteiger partial charge in [-0.05, 0) is 55.0 Å². The van der Waals surface area contributed by atoms with Crippen LogP contribution in [0.5, 0.6) is 11.5 Å². The maximum Gasteiger partial charge on any atom is 0.301 e. The van der Waals surface area contributed by atoms with Crippen LogP contribution in [-0.4, -0.2) is 40.0 Å². The summed E-state index contributed by atoms with van der Waals surface area (Å²) in [6.07, 6.45) is 4.66. The lowest BCUT2D eigenvalue weighted by atomic mass is 9.95. The number of thiazole rings is 1. The second-order valence-electron chi connectivity index (χ2n) is 8.13. The van der Waals surface area contributed by atoms with E-state index < -0.39 is 17.7 Å². The molecule has 37 heavy (non-hydrogen) atoms. The van der Waals surface area contributed by atoms with Crippen molar-refractivity contribution in [2.24, 2.45) is 0 Å². The highest BCUT2D eigenvalue weighted by Gasteiger charge is 2.48. The monoisotopic (exact) mass is 513 g/mol. The molecule has 1 atom stereocenters. The molecule has 4 aromatic rings. The molecule has 0 aliphatic carbocycles. The summed E-state index contributed by atoms with van der Waals surface area (Å²) in [4.78, 5) is 36.7. The van der Waals surface area contributed by atoms with Crippen LogP contribution in [-0.2, 0) is 9.59 Å². The van der Waals surface area contributed by atoms with E-state index in [1.54, 1.807) is 42.5 Å². The Morgan fingerprint density at radius 3 is 2.51 bits per heavy atom. The quantitative estimate of drug-likeness (QED) is 0.148. The highest BCUT2D eigenvalue weighted by molar-refractivity contribution is 7.22. The Hall–Kier alpha value is -4.50. The molecule has 8 nitrogen and oxygen atoms in total. The van der Waals surface area contributed by atoms with Crippen LogP contribution in [0.2, 0.25) is 0 Å². The molecule has 0 bridgehead atoms. The van der Waals surface area contributed by atoms with E-state index in [1.807, 2.05) is 25.1 Å². The van der Waals surface area contributed by atoms with Gasteiger partial charge in [0.1, 0.15) is 23.9 Å². The molecule has 9 heteroatoms. The molecule has 1 aliphatic rings. The first-order chi connectivity index (χ1) is 18.0. The molecule has 3 heterocycles. The SMILES string of the molecule is C=CCOc1ccc(C2C(=C(O)c3ccncc3)C(=O)C(=O)N2c2nc3ccc(OCC)cc3s2)cc1. The number of rotatable bonds is 8. The van der Waals surface area contributed by atoms with Crippen LogP contribution in [0.1, 0.15) is 24.1 Å². The minimum absolute atomic E-state index is 0.0229. The van der Waals surface area contributed by atoms with Crippen molar-refractivity contribution in [1.29, 1.82) is 0 Å². The molecule has 5 rings (SSSR count). The van der Waals surface area contributed by atoms with E-state index in [9.17, 15) is 14.7 Å². The van der Waals surface area contributed by atoms with Gasteiger partial charge in [-0.15, -0.1) is 0 Å². The van der Waals surface area contributed by atoms with Gasteiger partial charge in [0.25, 0.3) is 5.78 Å². The zero-order valence-electron chi connectivity index (χ0n) is 20.0. The van der Waals surface area contributed by atoms with Gasteiger partial charge >= 0.3 is 5.91 Å². The third kappa shape index (κ3) is 4.56. The normalized spacial score (nSPS) is 16.8. The van der Waals surface area contributed by atoms with Crippen LogP contribution >= 0.6 is 11.3 Å².